The van der Waals surface area contributed by atoms with Gasteiger partial charge in [-0.05, 0) is 79.8 Å². The van der Waals surface area contributed by atoms with Gasteiger partial charge < -0.3 is 25.1 Å². The molecule has 2 aliphatic rings. The first-order chi connectivity index (χ1) is 24.3. The van der Waals surface area contributed by atoms with E-state index >= 15 is 0 Å². The van der Waals surface area contributed by atoms with Crippen molar-refractivity contribution in [1.29, 1.82) is 0 Å². The quantitative estimate of drug-likeness (QED) is 0.193. The van der Waals surface area contributed by atoms with E-state index in [1.165, 1.54) is 5.56 Å². The fraction of sp³-hybridized carbons (Fsp3) is 0.436. The van der Waals surface area contributed by atoms with Crippen molar-refractivity contribution in [3.8, 4) is 17.0 Å². The number of carbonyl (C=O) groups is 3. The van der Waals surface area contributed by atoms with Crippen LogP contribution < -0.4 is 20.7 Å². The molecular weight excluding hydrogens is 632 g/mol. The Hall–Kier alpha value is -4.58. The molecule has 2 saturated heterocycles. The molecule has 3 N–H and O–H groups in total. The van der Waals surface area contributed by atoms with Crippen LogP contribution in [0.25, 0.3) is 22.2 Å². The first-order valence-corrected chi connectivity index (χ1v) is 17.8. The highest BCUT2D eigenvalue weighted by Gasteiger charge is 2.31. The van der Waals surface area contributed by atoms with Crippen molar-refractivity contribution in [2.45, 2.75) is 45.2 Å². The van der Waals surface area contributed by atoms with E-state index in [9.17, 15) is 14.4 Å². The summed E-state index contributed by atoms with van der Waals surface area (Å²) in [5.74, 6) is -0.262. The maximum absolute atomic E-state index is 13.5. The van der Waals surface area contributed by atoms with Crippen LogP contribution in [0.2, 0.25) is 0 Å². The van der Waals surface area contributed by atoms with Crippen LogP contribution in [0.3, 0.4) is 0 Å². The average Bonchev–Trinajstić information content (AvgIpc) is 3.48. The van der Waals surface area contributed by atoms with Gasteiger partial charge in [0.1, 0.15) is 24.0 Å². The van der Waals surface area contributed by atoms with Crippen LogP contribution in [0, 0.1) is 5.92 Å². The molecule has 0 radical (unpaired) electrons. The average molecular weight is 681 g/mol. The van der Waals surface area contributed by atoms with Crippen LogP contribution in [0.4, 0.5) is 0 Å². The highest BCUT2D eigenvalue weighted by Crippen LogP contribution is 2.25. The summed E-state index contributed by atoms with van der Waals surface area (Å²) in [4.78, 5) is 49.1. The topological polar surface area (TPSA) is 129 Å². The molecule has 6 rings (SSSR count). The molecule has 0 aliphatic carbocycles. The molecule has 11 nitrogen and oxygen atoms in total. The summed E-state index contributed by atoms with van der Waals surface area (Å²) in [5.41, 5.74) is 3.75. The van der Waals surface area contributed by atoms with E-state index in [1.54, 1.807) is 18.3 Å². The minimum atomic E-state index is -0.835. The molecule has 2 amide bonds. The molecule has 2 aromatic heterocycles. The summed E-state index contributed by atoms with van der Waals surface area (Å²) in [5, 5.41) is 9.90. The lowest BCUT2D eigenvalue weighted by Gasteiger charge is -2.26. The number of rotatable bonds is 13. The van der Waals surface area contributed by atoms with Gasteiger partial charge in [-0.2, -0.15) is 0 Å². The van der Waals surface area contributed by atoms with Crippen LogP contribution in [0.5, 0.6) is 5.75 Å². The van der Waals surface area contributed by atoms with Gasteiger partial charge in [-0.3, -0.25) is 29.2 Å². The Labute approximate surface area is 293 Å². The number of ketones is 1. The number of carbonyl (C=O) groups excluding carboxylic acids is 3. The number of likely N-dealkylation sites (tertiary alicyclic amines) is 1. The zero-order chi connectivity index (χ0) is 34.9. The second-order valence-electron chi connectivity index (χ2n) is 13.6. The number of Topliss-reactive ketones (excluding diaryl/α,β-unsaturated/α-hetero) is 1. The normalized spacial score (nSPS) is 18.1. The molecule has 2 unspecified atom stereocenters. The van der Waals surface area contributed by atoms with Gasteiger partial charge in [0, 0.05) is 56.4 Å². The lowest BCUT2D eigenvalue weighted by molar-refractivity contribution is -0.129. The standard InChI is InChI=1S/C39H48N6O5/c1-27(2)37(43-38(47)36-25-30-24-31(11-12-35(30)50-36)49-22-21-44-19-15-40-16-20-44)39(48)42-33-10-6-17-45(26-34(33)46)18-13-28-7-5-8-29(23-28)32-9-3-4-14-41-32/h3-5,7-9,11-12,14,23-25,27,33,37,40H,6,10,13,15-22,26H2,1-2H3,(H,42,48)(H,43,47). The lowest BCUT2D eigenvalue weighted by Crippen LogP contribution is -2.54. The predicted molar refractivity (Wildman–Crippen MR) is 193 cm³/mol. The summed E-state index contributed by atoms with van der Waals surface area (Å²) < 4.78 is 11.8. The number of furan rings is 1. The second kappa shape index (κ2) is 16.9. The van der Waals surface area contributed by atoms with E-state index in [1.807, 2.05) is 50.2 Å². The van der Waals surface area contributed by atoms with Crippen molar-refractivity contribution in [1.82, 2.24) is 30.7 Å². The van der Waals surface area contributed by atoms with Gasteiger partial charge in [-0.1, -0.05) is 38.1 Å². The summed E-state index contributed by atoms with van der Waals surface area (Å²) >= 11 is 0. The van der Waals surface area contributed by atoms with Gasteiger partial charge in [-0.25, -0.2) is 0 Å². The predicted octanol–water partition coefficient (Wildman–Crippen LogP) is 3.93. The van der Waals surface area contributed by atoms with E-state index in [4.69, 9.17) is 9.15 Å². The smallest absolute Gasteiger partial charge is 0.287 e. The van der Waals surface area contributed by atoms with Gasteiger partial charge in [-0.15, -0.1) is 0 Å². The number of hydrogen-bond acceptors (Lipinski definition) is 9. The highest BCUT2D eigenvalue weighted by molar-refractivity contribution is 5.99. The largest absolute Gasteiger partial charge is 0.492 e. The van der Waals surface area contributed by atoms with Crippen molar-refractivity contribution in [3.63, 3.8) is 0 Å². The summed E-state index contributed by atoms with van der Waals surface area (Å²) in [6.45, 7) is 11.0. The molecule has 50 heavy (non-hydrogen) atoms. The number of hydrogen-bond donors (Lipinski definition) is 3. The van der Waals surface area contributed by atoms with Gasteiger partial charge in [0.05, 0.1) is 18.3 Å². The first kappa shape index (κ1) is 35.3. The number of nitrogens with zero attached hydrogens (tertiary/aromatic N) is 3. The fourth-order valence-corrected chi connectivity index (χ4v) is 6.60. The molecule has 0 saturated carbocycles. The highest BCUT2D eigenvalue weighted by atomic mass is 16.5. The monoisotopic (exact) mass is 680 g/mol. The molecule has 4 aromatic rings. The lowest BCUT2D eigenvalue weighted by atomic mass is 10.0. The van der Waals surface area contributed by atoms with E-state index < -0.39 is 18.0 Å². The molecule has 2 aliphatic heterocycles. The molecular formula is C39H48N6O5. The van der Waals surface area contributed by atoms with E-state index in [0.29, 0.717) is 24.4 Å². The van der Waals surface area contributed by atoms with Crippen molar-refractivity contribution >= 4 is 28.6 Å². The van der Waals surface area contributed by atoms with Crippen LogP contribution in [-0.4, -0.2) is 103 Å². The maximum atomic E-state index is 13.5. The SMILES string of the molecule is CC(C)C(NC(=O)c1cc2cc(OCCN3CCNCC3)ccc2o1)C(=O)NC1CCCN(CCc2cccc(-c3ccccn3)c2)CC1=O. The minimum Gasteiger partial charge on any atom is -0.492 e. The molecule has 2 aromatic carbocycles. The number of amides is 2. The Morgan fingerprint density at radius 3 is 2.66 bits per heavy atom. The zero-order valence-electron chi connectivity index (χ0n) is 29.0. The van der Waals surface area contributed by atoms with Crippen molar-refractivity contribution in [2.24, 2.45) is 5.92 Å². The molecule has 11 heteroatoms. The van der Waals surface area contributed by atoms with E-state index in [-0.39, 0.29) is 29.9 Å². The third-order valence-corrected chi connectivity index (χ3v) is 9.49. The Morgan fingerprint density at radius 1 is 1.00 bits per heavy atom. The molecule has 2 atom stereocenters. The van der Waals surface area contributed by atoms with Crippen molar-refractivity contribution in [3.05, 3.63) is 84.3 Å². The number of nitrogens with one attached hydrogen (secondary N) is 3. The molecule has 2 fully saturated rings. The van der Waals surface area contributed by atoms with Crippen LogP contribution in [-0.2, 0) is 16.0 Å². The van der Waals surface area contributed by atoms with Crippen molar-refractivity contribution < 1.29 is 23.5 Å². The summed E-state index contributed by atoms with van der Waals surface area (Å²) in [7, 11) is 0. The Bertz CT molecular complexity index is 1750. The van der Waals surface area contributed by atoms with Crippen molar-refractivity contribution in [2.75, 3.05) is 59.0 Å². The summed E-state index contributed by atoms with van der Waals surface area (Å²) in [6, 6.07) is 19.9. The number of aromatic nitrogens is 1. The Balaban J connectivity index is 1.000. The first-order valence-electron chi connectivity index (χ1n) is 17.8. The number of benzene rings is 2. The van der Waals surface area contributed by atoms with Crippen LogP contribution >= 0.6 is 0 Å². The zero-order valence-corrected chi connectivity index (χ0v) is 29.0. The molecule has 0 bridgehead atoms. The molecule has 0 spiro atoms. The summed E-state index contributed by atoms with van der Waals surface area (Å²) in [6.07, 6.45) is 3.93. The molecule has 264 valence electrons. The van der Waals surface area contributed by atoms with E-state index in [0.717, 1.165) is 75.3 Å². The number of piperazine rings is 1. The third kappa shape index (κ3) is 9.35. The fourth-order valence-electron chi connectivity index (χ4n) is 6.60. The Kier molecular flexibility index (Phi) is 11.9. The van der Waals surface area contributed by atoms with Crippen LogP contribution in [0.1, 0.15) is 42.8 Å². The van der Waals surface area contributed by atoms with Crippen LogP contribution in [0.15, 0.2) is 77.3 Å². The van der Waals surface area contributed by atoms with Gasteiger partial charge in [0.25, 0.3) is 5.91 Å². The number of pyridine rings is 1. The number of fused-ring (bicyclic) bond motifs is 1. The number of ether oxygens (including phenoxy) is 1. The van der Waals surface area contributed by atoms with Gasteiger partial charge >= 0.3 is 0 Å². The Morgan fingerprint density at radius 2 is 1.86 bits per heavy atom. The maximum Gasteiger partial charge on any atom is 0.287 e. The molecule has 4 heterocycles. The second-order valence-corrected chi connectivity index (χ2v) is 13.6. The minimum absolute atomic E-state index is 0.0184. The van der Waals surface area contributed by atoms with Gasteiger partial charge in [0.2, 0.25) is 5.91 Å². The van der Waals surface area contributed by atoms with Gasteiger partial charge in [0.15, 0.2) is 11.5 Å². The third-order valence-electron chi connectivity index (χ3n) is 9.49. The van der Waals surface area contributed by atoms with E-state index in [2.05, 4.69) is 48.9 Å².